The Morgan fingerprint density at radius 1 is 1.24 bits per heavy atom. The van der Waals surface area contributed by atoms with Crippen LogP contribution < -0.4 is 10.5 Å². The second-order valence-electron chi connectivity index (χ2n) is 5.13. The highest BCUT2D eigenvalue weighted by molar-refractivity contribution is 9.10. The number of benzene rings is 2. The summed E-state index contributed by atoms with van der Waals surface area (Å²) in [6, 6.07) is 12.9. The van der Waals surface area contributed by atoms with E-state index < -0.39 is 10.0 Å². The molecule has 4 nitrogen and oxygen atoms in total. The van der Waals surface area contributed by atoms with Gasteiger partial charge in [0, 0.05) is 16.9 Å². The third-order valence-electron chi connectivity index (χ3n) is 3.74. The van der Waals surface area contributed by atoms with Gasteiger partial charge in [0.2, 0.25) is 10.0 Å². The highest BCUT2D eigenvalue weighted by Crippen LogP contribution is 2.34. The first-order valence-corrected chi connectivity index (χ1v) is 8.87. The first kappa shape index (κ1) is 14.6. The molecule has 3 N–H and O–H groups in total. The van der Waals surface area contributed by atoms with E-state index in [-0.39, 0.29) is 16.5 Å². The predicted molar refractivity (Wildman–Crippen MR) is 86.6 cm³/mol. The second-order valence-corrected chi connectivity index (χ2v) is 7.78. The topological polar surface area (TPSA) is 72.2 Å². The van der Waals surface area contributed by atoms with Gasteiger partial charge in [-0.2, -0.15) is 0 Å². The van der Waals surface area contributed by atoms with Crippen LogP contribution >= 0.6 is 15.9 Å². The number of nitrogen functional groups attached to an aromatic ring is 1. The highest BCUT2D eigenvalue weighted by atomic mass is 79.9. The van der Waals surface area contributed by atoms with Gasteiger partial charge < -0.3 is 5.73 Å². The highest BCUT2D eigenvalue weighted by Gasteiger charge is 2.27. The summed E-state index contributed by atoms with van der Waals surface area (Å²) in [5.74, 6) is 0.243. The van der Waals surface area contributed by atoms with E-state index >= 15 is 0 Å². The van der Waals surface area contributed by atoms with E-state index in [9.17, 15) is 8.42 Å². The Hall–Kier alpha value is -1.37. The molecule has 0 fully saturated rings. The van der Waals surface area contributed by atoms with E-state index in [0.29, 0.717) is 6.54 Å². The van der Waals surface area contributed by atoms with Gasteiger partial charge in [-0.25, -0.2) is 13.1 Å². The van der Waals surface area contributed by atoms with Crippen molar-refractivity contribution in [3.05, 3.63) is 58.1 Å². The molecule has 0 aromatic heterocycles. The summed E-state index contributed by atoms with van der Waals surface area (Å²) < 4.78 is 28.0. The van der Waals surface area contributed by atoms with Crippen molar-refractivity contribution in [2.45, 2.75) is 17.2 Å². The zero-order chi connectivity index (χ0) is 15.0. The van der Waals surface area contributed by atoms with Crippen molar-refractivity contribution in [3.8, 4) is 0 Å². The van der Waals surface area contributed by atoms with Crippen molar-refractivity contribution in [1.82, 2.24) is 4.72 Å². The van der Waals surface area contributed by atoms with Crippen LogP contribution in [0.25, 0.3) is 0 Å². The molecular formula is C15H15BrN2O2S. The number of hydrogen-bond acceptors (Lipinski definition) is 3. The Kier molecular flexibility index (Phi) is 3.77. The lowest BCUT2D eigenvalue weighted by Crippen LogP contribution is -2.33. The molecule has 1 aliphatic rings. The molecule has 21 heavy (non-hydrogen) atoms. The number of rotatable bonds is 4. The van der Waals surface area contributed by atoms with E-state index in [1.54, 1.807) is 12.1 Å². The van der Waals surface area contributed by atoms with Crippen LogP contribution in [0.2, 0.25) is 0 Å². The van der Waals surface area contributed by atoms with Crippen molar-refractivity contribution < 1.29 is 8.42 Å². The largest absolute Gasteiger partial charge is 0.398 e. The van der Waals surface area contributed by atoms with E-state index in [1.807, 2.05) is 18.2 Å². The van der Waals surface area contributed by atoms with Gasteiger partial charge in [-0.05, 0) is 35.7 Å². The molecule has 0 saturated heterocycles. The van der Waals surface area contributed by atoms with Crippen molar-refractivity contribution >= 4 is 31.6 Å². The normalized spacial score (nSPS) is 17.1. The van der Waals surface area contributed by atoms with Gasteiger partial charge in [0.05, 0.1) is 5.69 Å². The molecule has 0 bridgehead atoms. The minimum atomic E-state index is -3.58. The first-order valence-electron chi connectivity index (χ1n) is 6.60. The van der Waals surface area contributed by atoms with E-state index in [0.717, 1.165) is 10.9 Å². The van der Waals surface area contributed by atoms with Crippen LogP contribution in [-0.2, 0) is 16.4 Å². The number of anilines is 1. The lowest BCUT2D eigenvalue weighted by Gasteiger charge is -2.30. The molecule has 0 spiro atoms. The number of nitrogens with two attached hydrogens (primary N) is 1. The number of hydrogen-bond donors (Lipinski definition) is 2. The molecule has 1 unspecified atom stereocenters. The maximum atomic E-state index is 12.3. The lowest BCUT2D eigenvalue weighted by atomic mass is 9.78. The molecular weight excluding hydrogens is 352 g/mol. The molecule has 3 rings (SSSR count). The molecule has 2 aromatic rings. The summed E-state index contributed by atoms with van der Waals surface area (Å²) in [6.07, 6.45) is 0.911. The molecule has 0 heterocycles. The van der Waals surface area contributed by atoms with Crippen LogP contribution in [-0.4, -0.2) is 15.0 Å². The summed E-state index contributed by atoms with van der Waals surface area (Å²) >= 11 is 3.27. The van der Waals surface area contributed by atoms with Crippen LogP contribution in [0.5, 0.6) is 0 Å². The average molecular weight is 367 g/mol. The van der Waals surface area contributed by atoms with Gasteiger partial charge in [-0.1, -0.05) is 40.2 Å². The van der Waals surface area contributed by atoms with Crippen LogP contribution in [0.4, 0.5) is 5.69 Å². The van der Waals surface area contributed by atoms with Gasteiger partial charge >= 0.3 is 0 Å². The van der Waals surface area contributed by atoms with Crippen LogP contribution in [0.1, 0.15) is 17.0 Å². The van der Waals surface area contributed by atoms with Crippen molar-refractivity contribution in [1.29, 1.82) is 0 Å². The minimum Gasteiger partial charge on any atom is -0.398 e. The van der Waals surface area contributed by atoms with Crippen molar-refractivity contribution in [2.75, 3.05) is 12.3 Å². The quantitative estimate of drug-likeness (QED) is 0.817. The fourth-order valence-electron chi connectivity index (χ4n) is 2.60. The lowest BCUT2D eigenvalue weighted by molar-refractivity contribution is 0.552. The Balaban J connectivity index is 1.73. The SMILES string of the molecule is Nc1cc(Br)ccc1S(=O)(=O)NCC1Cc2ccccc21. The molecule has 2 aromatic carbocycles. The van der Waals surface area contributed by atoms with Crippen molar-refractivity contribution in [2.24, 2.45) is 0 Å². The van der Waals surface area contributed by atoms with E-state index in [1.165, 1.54) is 17.2 Å². The molecule has 1 aliphatic carbocycles. The fraction of sp³-hybridized carbons (Fsp3) is 0.200. The molecule has 1 atom stereocenters. The number of fused-ring (bicyclic) bond motifs is 1. The monoisotopic (exact) mass is 366 g/mol. The standard InChI is InChI=1S/C15H15BrN2O2S/c16-12-5-6-15(14(17)8-12)21(19,20)18-9-11-7-10-3-1-2-4-13(10)11/h1-6,8,11,18H,7,9,17H2. The maximum absolute atomic E-state index is 12.3. The summed E-state index contributed by atoms with van der Waals surface area (Å²) in [5, 5.41) is 0. The Morgan fingerprint density at radius 2 is 2.00 bits per heavy atom. The molecule has 6 heteroatoms. The minimum absolute atomic E-state index is 0.123. The molecule has 110 valence electrons. The van der Waals surface area contributed by atoms with Crippen LogP contribution in [0.15, 0.2) is 51.8 Å². The second kappa shape index (κ2) is 5.44. The van der Waals surface area contributed by atoms with Gasteiger partial charge in [0.15, 0.2) is 0 Å². The zero-order valence-electron chi connectivity index (χ0n) is 11.2. The summed E-state index contributed by atoms with van der Waals surface area (Å²) in [4.78, 5) is 0.123. The van der Waals surface area contributed by atoms with Gasteiger partial charge in [-0.15, -0.1) is 0 Å². The van der Waals surface area contributed by atoms with Gasteiger partial charge in [-0.3, -0.25) is 0 Å². The molecule has 0 radical (unpaired) electrons. The van der Waals surface area contributed by atoms with Gasteiger partial charge in [0.25, 0.3) is 0 Å². The first-order chi connectivity index (χ1) is 9.97. The number of nitrogens with one attached hydrogen (secondary N) is 1. The molecule has 0 amide bonds. The van der Waals surface area contributed by atoms with E-state index in [2.05, 4.69) is 26.7 Å². The van der Waals surface area contributed by atoms with Crippen LogP contribution in [0.3, 0.4) is 0 Å². The molecule has 0 saturated carbocycles. The zero-order valence-corrected chi connectivity index (χ0v) is 13.6. The third-order valence-corrected chi connectivity index (χ3v) is 5.73. The number of halogens is 1. The van der Waals surface area contributed by atoms with Crippen LogP contribution in [0, 0.1) is 0 Å². The Bertz CT molecular complexity index is 790. The number of sulfonamides is 1. The summed E-state index contributed by atoms with van der Waals surface area (Å²) in [5.41, 5.74) is 8.55. The smallest absolute Gasteiger partial charge is 0.242 e. The van der Waals surface area contributed by atoms with Crippen molar-refractivity contribution in [3.63, 3.8) is 0 Å². The predicted octanol–water partition coefficient (Wildman–Crippen LogP) is 2.65. The third kappa shape index (κ3) is 2.84. The molecule has 0 aliphatic heterocycles. The summed E-state index contributed by atoms with van der Waals surface area (Å²) in [7, 11) is -3.58. The van der Waals surface area contributed by atoms with E-state index in [4.69, 9.17) is 5.73 Å². The maximum Gasteiger partial charge on any atom is 0.242 e. The Labute approximate surface area is 132 Å². The van der Waals surface area contributed by atoms with Gasteiger partial charge in [0.1, 0.15) is 4.90 Å². The fourth-order valence-corrected chi connectivity index (χ4v) is 4.17. The Morgan fingerprint density at radius 3 is 2.71 bits per heavy atom. The summed E-state index contributed by atoms with van der Waals surface area (Å²) in [6.45, 7) is 0.398. The average Bonchev–Trinajstić information content (AvgIpc) is 2.39.